The van der Waals surface area contributed by atoms with Crippen LogP contribution in [0.4, 0.5) is 4.79 Å². The Labute approximate surface area is 165 Å². The first-order chi connectivity index (χ1) is 13.4. The van der Waals surface area contributed by atoms with Gasteiger partial charge in [0.25, 0.3) is 0 Å². The molecule has 1 aromatic rings. The highest BCUT2D eigenvalue weighted by atomic mass is 16.7. The van der Waals surface area contributed by atoms with Crippen molar-refractivity contribution < 1.29 is 23.8 Å². The highest BCUT2D eigenvalue weighted by Gasteiger charge is 2.65. The molecule has 2 aliphatic heterocycles. The number of likely N-dealkylation sites (tertiary alicyclic amines) is 1. The average molecular weight is 385 g/mol. The second kappa shape index (κ2) is 6.21. The Hall–Kier alpha value is -2.08. The molecular weight excluding hydrogens is 358 g/mol. The second-order valence-corrected chi connectivity index (χ2v) is 9.14. The molecule has 2 aliphatic carbocycles. The molecule has 150 valence electrons. The van der Waals surface area contributed by atoms with Gasteiger partial charge in [0.2, 0.25) is 0 Å². The molecular formula is C22H27NO5. The third-order valence-corrected chi connectivity index (χ3v) is 7.10. The van der Waals surface area contributed by atoms with Crippen molar-refractivity contribution in [2.24, 2.45) is 11.8 Å². The van der Waals surface area contributed by atoms with Crippen LogP contribution < -0.4 is 9.47 Å². The Kier molecular flexibility index (Phi) is 3.99. The second-order valence-electron chi connectivity index (χ2n) is 9.14. The van der Waals surface area contributed by atoms with E-state index in [1.54, 1.807) is 6.07 Å². The Morgan fingerprint density at radius 2 is 2.21 bits per heavy atom. The molecule has 2 heterocycles. The van der Waals surface area contributed by atoms with Gasteiger partial charge in [-0.05, 0) is 56.3 Å². The van der Waals surface area contributed by atoms with Crippen LogP contribution in [-0.4, -0.2) is 49.2 Å². The summed E-state index contributed by atoms with van der Waals surface area (Å²) >= 11 is 0. The zero-order valence-electron chi connectivity index (χ0n) is 16.7. The molecule has 1 spiro atoms. The summed E-state index contributed by atoms with van der Waals surface area (Å²) in [5.41, 5.74) is 2.08. The smallest absolute Gasteiger partial charge is 0.477 e. The minimum Gasteiger partial charge on any atom is -0.477 e. The van der Waals surface area contributed by atoms with E-state index in [2.05, 4.69) is 11.9 Å². The SMILES string of the molecule is CC(C)COC(=O)Oc1ccc2c3c1O[C@H]1C(=O)CCC4C(C2)N(C)CCC341. The molecule has 6 heteroatoms. The van der Waals surface area contributed by atoms with Gasteiger partial charge < -0.3 is 19.1 Å². The fourth-order valence-electron chi connectivity index (χ4n) is 5.94. The Bertz CT molecular complexity index is 850. The number of benzene rings is 1. The number of piperidine rings is 1. The van der Waals surface area contributed by atoms with Gasteiger partial charge in [-0.2, -0.15) is 0 Å². The number of likely N-dealkylation sites (N-methyl/N-ethyl adjacent to an activating group) is 1. The number of hydrogen-bond acceptors (Lipinski definition) is 6. The zero-order chi connectivity index (χ0) is 19.6. The summed E-state index contributed by atoms with van der Waals surface area (Å²) in [6.45, 7) is 5.21. The maximum atomic E-state index is 12.8. The normalized spacial score (nSPS) is 32.7. The topological polar surface area (TPSA) is 65.1 Å². The van der Waals surface area contributed by atoms with Crippen LogP contribution in [0.2, 0.25) is 0 Å². The molecule has 0 aromatic heterocycles. The van der Waals surface area contributed by atoms with Crippen molar-refractivity contribution in [2.45, 2.75) is 57.1 Å². The summed E-state index contributed by atoms with van der Waals surface area (Å²) in [7, 11) is 2.19. The minimum atomic E-state index is -0.721. The quantitative estimate of drug-likeness (QED) is 0.588. The molecule has 1 saturated heterocycles. The first-order valence-corrected chi connectivity index (χ1v) is 10.3. The zero-order valence-corrected chi connectivity index (χ0v) is 16.7. The molecule has 1 aromatic carbocycles. The molecule has 6 nitrogen and oxygen atoms in total. The van der Waals surface area contributed by atoms with Crippen LogP contribution in [0.1, 0.15) is 44.2 Å². The van der Waals surface area contributed by atoms with Gasteiger partial charge in [0, 0.05) is 23.4 Å². The van der Waals surface area contributed by atoms with Gasteiger partial charge in [0.05, 0.1) is 6.61 Å². The third-order valence-electron chi connectivity index (χ3n) is 7.10. The van der Waals surface area contributed by atoms with E-state index in [0.717, 1.165) is 31.4 Å². The first kappa shape index (κ1) is 18.0. The van der Waals surface area contributed by atoms with Crippen molar-refractivity contribution in [2.75, 3.05) is 20.2 Å². The molecule has 28 heavy (non-hydrogen) atoms. The third kappa shape index (κ3) is 2.36. The number of carbonyl (C=O) groups is 2. The van der Waals surface area contributed by atoms with E-state index in [1.165, 1.54) is 5.56 Å². The first-order valence-electron chi connectivity index (χ1n) is 10.3. The molecule has 2 bridgehead atoms. The predicted molar refractivity (Wildman–Crippen MR) is 102 cm³/mol. The van der Waals surface area contributed by atoms with Crippen molar-refractivity contribution in [3.63, 3.8) is 0 Å². The van der Waals surface area contributed by atoms with E-state index in [0.29, 0.717) is 36.5 Å². The molecule has 0 amide bonds. The van der Waals surface area contributed by atoms with Crippen LogP contribution in [0, 0.1) is 11.8 Å². The van der Waals surface area contributed by atoms with Gasteiger partial charge in [-0.15, -0.1) is 0 Å². The Balaban J connectivity index is 1.56. The number of carbonyl (C=O) groups excluding carboxylic acids is 2. The van der Waals surface area contributed by atoms with Gasteiger partial charge in [-0.25, -0.2) is 4.79 Å². The minimum absolute atomic E-state index is 0.178. The van der Waals surface area contributed by atoms with Crippen molar-refractivity contribution in [3.8, 4) is 11.5 Å². The molecule has 2 fully saturated rings. The summed E-state index contributed by atoms with van der Waals surface area (Å²) in [5.74, 6) is 1.79. The number of ketones is 1. The van der Waals surface area contributed by atoms with Crippen LogP contribution in [0.15, 0.2) is 12.1 Å². The molecule has 4 atom stereocenters. The summed E-state index contributed by atoms with van der Waals surface area (Å²) < 4.78 is 17.0. The summed E-state index contributed by atoms with van der Waals surface area (Å²) in [5, 5.41) is 0. The number of ether oxygens (including phenoxy) is 3. The van der Waals surface area contributed by atoms with Gasteiger partial charge in [0.1, 0.15) is 0 Å². The molecule has 4 aliphatic rings. The van der Waals surface area contributed by atoms with Crippen LogP contribution in [0.25, 0.3) is 0 Å². The summed E-state index contributed by atoms with van der Waals surface area (Å²) in [6.07, 6.45) is 2.16. The maximum absolute atomic E-state index is 12.8. The van der Waals surface area contributed by atoms with Crippen molar-refractivity contribution >= 4 is 11.9 Å². The fraction of sp³-hybridized carbons (Fsp3) is 0.636. The van der Waals surface area contributed by atoms with Gasteiger partial charge >= 0.3 is 6.16 Å². The fourth-order valence-corrected chi connectivity index (χ4v) is 5.94. The van der Waals surface area contributed by atoms with E-state index in [1.807, 2.05) is 19.9 Å². The van der Waals surface area contributed by atoms with Crippen LogP contribution in [-0.2, 0) is 21.4 Å². The monoisotopic (exact) mass is 385 g/mol. The summed E-state index contributed by atoms with van der Waals surface area (Å²) in [4.78, 5) is 27.4. The maximum Gasteiger partial charge on any atom is 0.513 e. The highest BCUT2D eigenvalue weighted by molar-refractivity contribution is 5.89. The van der Waals surface area contributed by atoms with Crippen molar-refractivity contribution in [3.05, 3.63) is 23.3 Å². The largest absolute Gasteiger partial charge is 0.513 e. The lowest BCUT2D eigenvalue weighted by Gasteiger charge is -2.57. The number of hydrogen-bond donors (Lipinski definition) is 0. The van der Waals surface area contributed by atoms with Crippen LogP contribution >= 0.6 is 0 Å². The summed E-state index contributed by atoms with van der Waals surface area (Å²) in [6, 6.07) is 4.27. The molecule has 3 unspecified atom stereocenters. The Morgan fingerprint density at radius 3 is 3.00 bits per heavy atom. The Morgan fingerprint density at radius 1 is 1.39 bits per heavy atom. The van der Waals surface area contributed by atoms with Crippen molar-refractivity contribution in [1.82, 2.24) is 4.90 Å². The van der Waals surface area contributed by atoms with E-state index in [4.69, 9.17) is 14.2 Å². The molecule has 5 rings (SSSR count). The lowest BCUT2D eigenvalue weighted by atomic mass is 9.52. The van der Waals surface area contributed by atoms with Crippen LogP contribution in [0.5, 0.6) is 11.5 Å². The van der Waals surface area contributed by atoms with Gasteiger partial charge in [0.15, 0.2) is 23.4 Å². The van der Waals surface area contributed by atoms with E-state index in [9.17, 15) is 9.59 Å². The number of Topliss-reactive ketones (excluding diaryl/α,β-unsaturated/α-hetero) is 1. The van der Waals surface area contributed by atoms with Gasteiger partial charge in [-0.3, -0.25) is 4.79 Å². The van der Waals surface area contributed by atoms with Crippen molar-refractivity contribution in [1.29, 1.82) is 0 Å². The molecule has 0 N–H and O–H groups in total. The molecule has 1 saturated carbocycles. The number of nitrogens with zero attached hydrogens (tertiary/aromatic N) is 1. The lowest BCUT2D eigenvalue weighted by Crippen LogP contribution is -2.65. The highest BCUT2D eigenvalue weighted by Crippen LogP contribution is 2.63. The standard InChI is InChI=1S/C22H27NO5/c1-12(2)11-26-21(25)27-17-7-4-13-10-15-14-5-6-16(24)20-22(14,8-9-23(15)3)18(13)19(17)28-20/h4,7,12,14-15,20H,5-6,8-11H2,1-3H3/t14?,15?,20-,22?/m0/s1. The van der Waals surface area contributed by atoms with E-state index >= 15 is 0 Å². The van der Waals surface area contributed by atoms with Gasteiger partial charge in [-0.1, -0.05) is 19.9 Å². The number of rotatable bonds is 3. The average Bonchev–Trinajstić information content (AvgIpc) is 3.01. The van der Waals surface area contributed by atoms with E-state index in [-0.39, 0.29) is 17.1 Å². The predicted octanol–water partition coefficient (Wildman–Crippen LogP) is 3.10. The van der Waals surface area contributed by atoms with Crippen LogP contribution in [0.3, 0.4) is 0 Å². The molecule has 0 radical (unpaired) electrons. The lowest BCUT2D eigenvalue weighted by molar-refractivity contribution is -0.138. The van der Waals surface area contributed by atoms with E-state index < -0.39 is 12.3 Å².